The van der Waals surface area contributed by atoms with Crippen molar-refractivity contribution in [2.45, 2.75) is 19.0 Å². The summed E-state index contributed by atoms with van der Waals surface area (Å²) >= 11 is 1.24. The molecule has 0 aliphatic carbocycles. The SMILES string of the molecule is CCN(CC)c1ccc(C(=O)NNC(=O)CSc2nncn2C)cc1. The summed E-state index contributed by atoms with van der Waals surface area (Å²) in [7, 11) is 1.80. The number of thioether (sulfide) groups is 1. The van der Waals surface area contributed by atoms with E-state index in [2.05, 4.69) is 39.8 Å². The number of aromatic nitrogens is 3. The van der Waals surface area contributed by atoms with Gasteiger partial charge < -0.3 is 9.47 Å². The second kappa shape index (κ2) is 9.07. The van der Waals surface area contributed by atoms with Crippen LogP contribution in [0.4, 0.5) is 5.69 Å². The number of carbonyl (C=O) groups excluding carboxylic acids is 2. The predicted molar refractivity (Wildman–Crippen MR) is 97.3 cm³/mol. The van der Waals surface area contributed by atoms with Crippen molar-refractivity contribution in [2.75, 3.05) is 23.7 Å². The maximum absolute atomic E-state index is 12.1. The fourth-order valence-corrected chi connectivity index (χ4v) is 2.87. The van der Waals surface area contributed by atoms with E-state index in [1.807, 2.05) is 12.1 Å². The minimum atomic E-state index is -0.358. The largest absolute Gasteiger partial charge is 0.372 e. The van der Waals surface area contributed by atoms with Crippen molar-refractivity contribution in [3.8, 4) is 0 Å². The van der Waals surface area contributed by atoms with Crippen molar-refractivity contribution in [3.63, 3.8) is 0 Å². The highest BCUT2D eigenvalue weighted by Gasteiger charge is 2.10. The van der Waals surface area contributed by atoms with Gasteiger partial charge in [-0.15, -0.1) is 10.2 Å². The minimum Gasteiger partial charge on any atom is -0.372 e. The van der Waals surface area contributed by atoms with Crippen LogP contribution < -0.4 is 15.8 Å². The Bertz CT molecular complexity index is 712. The van der Waals surface area contributed by atoms with E-state index in [0.717, 1.165) is 18.8 Å². The fraction of sp³-hybridized carbons (Fsp3) is 0.375. The molecule has 2 N–H and O–H groups in total. The molecule has 2 rings (SSSR count). The van der Waals surface area contributed by atoms with Crippen molar-refractivity contribution in [3.05, 3.63) is 36.2 Å². The van der Waals surface area contributed by atoms with Crippen molar-refractivity contribution in [1.82, 2.24) is 25.6 Å². The summed E-state index contributed by atoms with van der Waals surface area (Å²) in [4.78, 5) is 26.1. The number of carbonyl (C=O) groups is 2. The van der Waals surface area contributed by atoms with Crippen LogP contribution in [0.15, 0.2) is 35.7 Å². The molecule has 0 atom stereocenters. The molecule has 0 unspecified atom stereocenters. The fourth-order valence-electron chi connectivity index (χ4n) is 2.18. The Morgan fingerprint density at radius 1 is 1.16 bits per heavy atom. The van der Waals surface area contributed by atoms with Crippen LogP contribution >= 0.6 is 11.8 Å². The molecule has 134 valence electrons. The summed E-state index contributed by atoms with van der Waals surface area (Å²) in [5.41, 5.74) is 6.35. The van der Waals surface area contributed by atoms with E-state index in [1.54, 1.807) is 30.1 Å². The van der Waals surface area contributed by atoms with Crippen LogP contribution in [0.2, 0.25) is 0 Å². The Kier molecular flexibility index (Phi) is 6.81. The lowest BCUT2D eigenvalue weighted by Gasteiger charge is -2.21. The van der Waals surface area contributed by atoms with Gasteiger partial charge in [0.15, 0.2) is 5.16 Å². The van der Waals surface area contributed by atoms with Gasteiger partial charge in [-0.3, -0.25) is 20.4 Å². The molecule has 9 heteroatoms. The third-order valence-electron chi connectivity index (χ3n) is 3.58. The summed E-state index contributed by atoms with van der Waals surface area (Å²) in [6, 6.07) is 7.27. The van der Waals surface area contributed by atoms with Crippen LogP contribution in [-0.4, -0.2) is 45.4 Å². The zero-order chi connectivity index (χ0) is 18.2. The van der Waals surface area contributed by atoms with E-state index in [9.17, 15) is 9.59 Å². The number of hydrazine groups is 1. The normalized spacial score (nSPS) is 10.4. The Morgan fingerprint density at radius 3 is 2.40 bits per heavy atom. The highest BCUT2D eigenvalue weighted by atomic mass is 32.2. The number of nitrogens with one attached hydrogen (secondary N) is 2. The van der Waals surface area contributed by atoms with Crippen LogP contribution in [0, 0.1) is 0 Å². The van der Waals surface area contributed by atoms with E-state index in [-0.39, 0.29) is 17.6 Å². The van der Waals surface area contributed by atoms with Gasteiger partial charge in [0.05, 0.1) is 5.75 Å². The number of rotatable bonds is 7. The molecule has 0 radical (unpaired) electrons. The number of aryl methyl sites for hydroxylation is 1. The lowest BCUT2D eigenvalue weighted by molar-refractivity contribution is -0.119. The maximum atomic E-state index is 12.1. The average molecular weight is 362 g/mol. The van der Waals surface area contributed by atoms with Crippen LogP contribution in [0.5, 0.6) is 0 Å². The average Bonchev–Trinajstić information content (AvgIpc) is 3.04. The number of amides is 2. The molecule has 0 aliphatic heterocycles. The van der Waals surface area contributed by atoms with E-state index < -0.39 is 0 Å². The third-order valence-corrected chi connectivity index (χ3v) is 4.61. The number of hydrogen-bond acceptors (Lipinski definition) is 6. The zero-order valence-corrected chi connectivity index (χ0v) is 15.3. The standard InChI is InChI=1S/C16H22N6O2S/c1-4-22(5-2)13-8-6-12(7-9-13)15(24)19-18-14(23)10-25-16-20-17-11-21(16)3/h6-9,11H,4-5,10H2,1-3H3,(H,18,23)(H,19,24). The van der Waals surface area contributed by atoms with E-state index in [4.69, 9.17) is 0 Å². The van der Waals surface area contributed by atoms with Gasteiger partial charge in [-0.1, -0.05) is 11.8 Å². The minimum absolute atomic E-state index is 0.133. The topological polar surface area (TPSA) is 92.2 Å². The number of benzene rings is 1. The zero-order valence-electron chi connectivity index (χ0n) is 14.5. The van der Waals surface area contributed by atoms with E-state index >= 15 is 0 Å². The van der Waals surface area contributed by atoms with Gasteiger partial charge in [-0.2, -0.15) is 0 Å². The van der Waals surface area contributed by atoms with Crippen LogP contribution in [0.25, 0.3) is 0 Å². The molecule has 2 aromatic rings. The van der Waals surface area contributed by atoms with Crippen molar-refractivity contribution >= 4 is 29.3 Å². The third kappa shape index (κ3) is 5.21. The van der Waals surface area contributed by atoms with Gasteiger partial charge in [0.1, 0.15) is 6.33 Å². The van der Waals surface area contributed by atoms with Crippen molar-refractivity contribution in [1.29, 1.82) is 0 Å². The summed E-state index contributed by atoms with van der Waals surface area (Å²) in [5, 5.41) is 8.24. The molecule has 0 saturated heterocycles. The molecule has 1 aromatic heterocycles. The monoisotopic (exact) mass is 362 g/mol. The lowest BCUT2D eigenvalue weighted by atomic mass is 10.2. The summed E-state index contributed by atoms with van der Waals surface area (Å²) in [5.74, 6) is -0.544. The second-order valence-electron chi connectivity index (χ2n) is 5.23. The molecule has 0 spiro atoms. The molecule has 0 saturated carbocycles. The molecule has 0 aliphatic rings. The Morgan fingerprint density at radius 2 is 1.84 bits per heavy atom. The molecule has 1 aromatic carbocycles. The Labute approximate surface area is 151 Å². The van der Waals surface area contributed by atoms with E-state index in [0.29, 0.717) is 10.7 Å². The first kappa shape index (κ1) is 18.8. The highest BCUT2D eigenvalue weighted by Crippen LogP contribution is 2.15. The smallest absolute Gasteiger partial charge is 0.269 e. The molecular formula is C16H22N6O2S. The number of anilines is 1. The van der Waals surface area contributed by atoms with Crippen LogP contribution in [0.3, 0.4) is 0 Å². The quantitative estimate of drug-likeness (QED) is 0.568. The van der Waals surface area contributed by atoms with Crippen LogP contribution in [0.1, 0.15) is 24.2 Å². The Balaban J connectivity index is 1.81. The molecule has 0 bridgehead atoms. The van der Waals surface area contributed by atoms with Gasteiger partial charge in [-0.25, -0.2) is 0 Å². The molecular weight excluding hydrogens is 340 g/mol. The first-order chi connectivity index (χ1) is 12.0. The summed E-state index contributed by atoms with van der Waals surface area (Å²) < 4.78 is 1.72. The van der Waals surface area contributed by atoms with Gasteiger partial charge in [0.2, 0.25) is 5.91 Å². The van der Waals surface area contributed by atoms with Gasteiger partial charge >= 0.3 is 0 Å². The molecule has 25 heavy (non-hydrogen) atoms. The second-order valence-corrected chi connectivity index (χ2v) is 6.18. The van der Waals surface area contributed by atoms with Crippen molar-refractivity contribution < 1.29 is 9.59 Å². The highest BCUT2D eigenvalue weighted by molar-refractivity contribution is 7.99. The lowest BCUT2D eigenvalue weighted by Crippen LogP contribution is -2.42. The number of nitrogens with zero attached hydrogens (tertiary/aromatic N) is 4. The van der Waals surface area contributed by atoms with Gasteiger partial charge in [0, 0.05) is 31.4 Å². The molecule has 0 fully saturated rings. The first-order valence-corrected chi connectivity index (χ1v) is 8.94. The molecule has 1 heterocycles. The predicted octanol–water partition coefficient (Wildman–Crippen LogP) is 1.21. The summed E-state index contributed by atoms with van der Waals surface area (Å²) in [6.07, 6.45) is 1.56. The molecule has 8 nitrogen and oxygen atoms in total. The van der Waals surface area contributed by atoms with E-state index in [1.165, 1.54) is 11.8 Å². The maximum Gasteiger partial charge on any atom is 0.269 e. The van der Waals surface area contributed by atoms with Gasteiger partial charge in [0.25, 0.3) is 5.91 Å². The van der Waals surface area contributed by atoms with Gasteiger partial charge in [-0.05, 0) is 38.1 Å². The van der Waals surface area contributed by atoms with Crippen LogP contribution in [-0.2, 0) is 11.8 Å². The Hall–Kier alpha value is -2.55. The number of hydrogen-bond donors (Lipinski definition) is 2. The summed E-state index contributed by atoms with van der Waals surface area (Å²) in [6.45, 7) is 5.97. The molecule has 2 amide bonds. The first-order valence-electron chi connectivity index (χ1n) is 7.96. The van der Waals surface area contributed by atoms with Crippen molar-refractivity contribution in [2.24, 2.45) is 7.05 Å².